The van der Waals surface area contributed by atoms with Crippen LogP contribution in [0.4, 0.5) is 4.39 Å². The molecule has 0 bridgehead atoms. The van der Waals surface area contributed by atoms with Crippen LogP contribution in [0.15, 0.2) is 12.1 Å². The molecule has 0 aliphatic rings. The van der Waals surface area contributed by atoms with Gasteiger partial charge in [-0.2, -0.15) is 0 Å². The first-order chi connectivity index (χ1) is 7.80. The smallest absolute Gasteiger partial charge is 0.239 e. The number of nitro groups is 1. The lowest BCUT2D eigenvalue weighted by Gasteiger charge is -2.21. The second-order valence-electron chi connectivity index (χ2n) is 3.41. The topological polar surface area (TPSA) is 63.4 Å². The van der Waals surface area contributed by atoms with E-state index in [0.29, 0.717) is 0 Å². The van der Waals surface area contributed by atoms with Gasteiger partial charge in [0, 0.05) is 4.92 Å². The molecule has 0 aliphatic heterocycles. The summed E-state index contributed by atoms with van der Waals surface area (Å²) in [6.07, 6.45) is 0. The molecule has 0 fully saturated rings. The van der Waals surface area contributed by atoms with Crippen molar-refractivity contribution in [3.05, 3.63) is 42.9 Å². The van der Waals surface area contributed by atoms with E-state index in [9.17, 15) is 19.6 Å². The molecule has 94 valence electrons. The average Bonchev–Trinajstić information content (AvgIpc) is 2.24. The zero-order valence-corrected chi connectivity index (χ0v) is 10.6. The van der Waals surface area contributed by atoms with Crippen molar-refractivity contribution in [2.75, 3.05) is 13.2 Å². The molecule has 1 aromatic carbocycles. The maximum Gasteiger partial charge on any atom is 0.239 e. The van der Waals surface area contributed by atoms with Crippen molar-refractivity contribution in [1.29, 1.82) is 0 Å². The Morgan fingerprint density at radius 3 is 2.18 bits per heavy atom. The van der Waals surface area contributed by atoms with Gasteiger partial charge in [-0.15, -0.1) is 0 Å². The Labute approximate surface area is 111 Å². The highest BCUT2D eigenvalue weighted by molar-refractivity contribution is 6.48. The number of hydrogen-bond acceptors (Lipinski definition) is 3. The summed E-state index contributed by atoms with van der Waals surface area (Å²) in [5.41, 5.74) is -2.35. The molecule has 1 atom stereocenters. The highest BCUT2D eigenvalue weighted by Crippen LogP contribution is 2.35. The third-order valence-electron chi connectivity index (χ3n) is 2.13. The highest BCUT2D eigenvalue weighted by atomic mass is 35.5. The minimum Gasteiger partial charge on any atom is -0.376 e. The highest BCUT2D eigenvalue weighted by Gasteiger charge is 2.36. The molecule has 0 saturated heterocycles. The van der Waals surface area contributed by atoms with Gasteiger partial charge in [-0.25, -0.2) is 4.39 Å². The lowest BCUT2D eigenvalue weighted by molar-refractivity contribution is -0.503. The molecule has 8 heteroatoms. The predicted molar refractivity (Wildman–Crippen MR) is 63.2 cm³/mol. The first-order valence-electron chi connectivity index (χ1n) is 4.35. The number of rotatable bonds is 4. The molecule has 0 aliphatic carbocycles. The second-order valence-corrected chi connectivity index (χ2v) is 4.60. The van der Waals surface area contributed by atoms with Gasteiger partial charge in [0.25, 0.3) is 0 Å². The van der Waals surface area contributed by atoms with Gasteiger partial charge in [0.2, 0.25) is 6.54 Å². The van der Waals surface area contributed by atoms with Crippen molar-refractivity contribution in [2.45, 2.75) is 5.60 Å². The van der Waals surface area contributed by atoms with Crippen molar-refractivity contribution in [1.82, 2.24) is 0 Å². The maximum atomic E-state index is 12.8. The Kier molecular flexibility index (Phi) is 4.55. The number of aliphatic hydroxyl groups is 1. The van der Waals surface area contributed by atoms with Gasteiger partial charge >= 0.3 is 0 Å². The van der Waals surface area contributed by atoms with E-state index >= 15 is 0 Å². The SMILES string of the molecule is O=[N+]([O-])CC(O)(CF)c1cc(Cl)c(Cl)c(Cl)c1. The fraction of sp³-hybridized carbons (Fsp3) is 0.333. The van der Waals surface area contributed by atoms with Crippen LogP contribution >= 0.6 is 34.8 Å². The standard InChI is InChI=1S/C9H7Cl3FNO3/c10-6-1-5(2-7(11)8(6)12)9(15,3-13)4-14(16)17/h1-2,15H,3-4H2. The average molecular weight is 303 g/mol. The molecule has 4 nitrogen and oxygen atoms in total. The molecule has 1 unspecified atom stereocenters. The van der Waals surface area contributed by atoms with Crippen LogP contribution in [0.25, 0.3) is 0 Å². The molecule has 0 spiro atoms. The summed E-state index contributed by atoms with van der Waals surface area (Å²) < 4.78 is 12.8. The largest absolute Gasteiger partial charge is 0.376 e. The van der Waals surface area contributed by atoms with Gasteiger partial charge in [0.05, 0.1) is 15.1 Å². The Morgan fingerprint density at radius 1 is 1.35 bits per heavy atom. The van der Waals surface area contributed by atoms with Crippen molar-refractivity contribution >= 4 is 34.8 Å². The van der Waals surface area contributed by atoms with Gasteiger partial charge in [-0.3, -0.25) is 10.1 Å². The molecule has 1 aromatic rings. The summed E-state index contributed by atoms with van der Waals surface area (Å²) in [6, 6.07) is 2.30. The summed E-state index contributed by atoms with van der Waals surface area (Å²) >= 11 is 17.1. The van der Waals surface area contributed by atoms with Crippen LogP contribution in [-0.4, -0.2) is 23.2 Å². The zero-order valence-electron chi connectivity index (χ0n) is 8.29. The lowest BCUT2D eigenvalue weighted by atomic mass is 9.95. The van der Waals surface area contributed by atoms with Crippen LogP contribution in [0.2, 0.25) is 15.1 Å². The van der Waals surface area contributed by atoms with E-state index in [1.807, 2.05) is 0 Å². The van der Waals surface area contributed by atoms with E-state index in [-0.39, 0.29) is 20.6 Å². The Hall–Kier alpha value is -0.620. The fourth-order valence-electron chi connectivity index (χ4n) is 1.25. The number of nitrogens with zero attached hydrogens (tertiary/aromatic N) is 1. The molecule has 1 rings (SSSR count). The molecular formula is C9H7Cl3FNO3. The van der Waals surface area contributed by atoms with Crippen LogP contribution in [0.5, 0.6) is 0 Å². The third-order valence-corrected chi connectivity index (χ3v) is 3.33. The molecule has 0 amide bonds. The third kappa shape index (κ3) is 3.19. The zero-order chi connectivity index (χ0) is 13.2. The number of benzene rings is 1. The second kappa shape index (κ2) is 5.35. The maximum absolute atomic E-state index is 12.8. The van der Waals surface area contributed by atoms with E-state index in [1.54, 1.807) is 0 Å². The minimum absolute atomic E-state index is 0.00982. The van der Waals surface area contributed by atoms with Gasteiger partial charge < -0.3 is 5.11 Å². The molecule has 17 heavy (non-hydrogen) atoms. The normalized spacial score (nSPS) is 14.4. The first-order valence-corrected chi connectivity index (χ1v) is 5.48. The van der Waals surface area contributed by atoms with Crippen molar-refractivity contribution < 1.29 is 14.4 Å². The predicted octanol–water partition coefficient (Wildman–Crippen LogP) is 3.08. The number of halogens is 4. The Bertz CT molecular complexity index is 434. The quantitative estimate of drug-likeness (QED) is 0.528. The van der Waals surface area contributed by atoms with E-state index in [2.05, 4.69) is 0 Å². The Morgan fingerprint density at radius 2 is 1.82 bits per heavy atom. The molecule has 0 heterocycles. The Balaban J connectivity index is 3.25. The van der Waals surface area contributed by atoms with Gasteiger partial charge in [0.1, 0.15) is 6.67 Å². The monoisotopic (exact) mass is 301 g/mol. The van der Waals surface area contributed by atoms with Crippen LogP contribution in [-0.2, 0) is 5.60 Å². The molecule has 0 saturated carbocycles. The van der Waals surface area contributed by atoms with Crippen molar-refractivity contribution in [2.24, 2.45) is 0 Å². The van der Waals surface area contributed by atoms with Crippen LogP contribution in [0.3, 0.4) is 0 Å². The fourth-order valence-corrected chi connectivity index (χ4v) is 1.84. The number of alkyl halides is 1. The molecule has 0 radical (unpaired) electrons. The van der Waals surface area contributed by atoms with Gasteiger partial charge in [-0.05, 0) is 17.7 Å². The summed E-state index contributed by atoms with van der Waals surface area (Å²) in [4.78, 5) is 9.55. The van der Waals surface area contributed by atoms with Crippen LogP contribution in [0.1, 0.15) is 5.56 Å². The van der Waals surface area contributed by atoms with E-state index in [0.717, 1.165) is 12.1 Å². The van der Waals surface area contributed by atoms with E-state index in [4.69, 9.17) is 34.8 Å². The molecule has 1 N–H and O–H groups in total. The van der Waals surface area contributed by atoms with Crippen molar-refractivity contribution in [3.8, 4) is 0 Å². The minimum atomic E-state index is -2.26. The molecular weight excluding hydrogens is 295 g/mol. The van der Waals surface area contributed by atoms with E-state index in [1.165, 1.54) is 0 Å². The van der Waals surface area contributed by atoms with E-state index < -0.39 is 23.7 Å². The first kappa shape index (κ1) is 14.4. The molecule has 0 aromatic heterocycles. The summed E-state index contributed by atoms with van der Waals surface area (Å²) in [5.74, 6) is 0. The number of hydrogen-bond donors (Lipinski definition) is 1. The van der Waals surface area contributed by atoms with Crippen molar-refractivity contribution in [3.63, 3.8) is 0 Å². The van der Waals surface area contributed by atoms with Crippen LogP contribution in [0, 0.1) is 10.1 Å². The van der Waals surface area contributed by atoms with Gasteiger partial charge in [0.15, 0.2) is 5.60 Å². The lowest BCUT2D eigenvalue weighted by Crippen LogP contribution is -2.36. The summed E-state index contributed by atoms with van der Waals surface area (Å²) in [6.45, 7) is -2.32. The summed E-state index contributed by atoms with van der Waals surface area (Å²) in [5, 5.41) is 20.2. The summed E-state index contributed by atoms with van der Waals surface area (Å²) in [7, 11) is 0. The van der Waals surface area contributed by atoms with Crippen LogP contribution < -0.4 is 0 Å². The van der Waals surface area contributed by atoms with Gasteiger partial charge in [-0.1, -0.05) is 34.8 Å².